The Labute approximate surface area is 117 Å². The molecule has 19 heavy (non-hydrogen) atoms. The number of hydrogen-bond donors (Lipinski definition) is 1. The molecule has 2 rings (SSSR count). The fourth-order valence-electron chi connectivity index (χ4n) is 2.65. The molecule has 1 heterocycles. The first-order valence-corrected chi connectivity index (χ1v) is 7.74. The van der Waals surface area contributed by atoms with Crippen LogP contribution >= 0.6 is 0 Å². The fourth-order valence-corrected chi connectivity index (χ4v) is 2.65. The van der Waals surface area contributed by atoms with Crippen LogP contribution in [0.3, 0.4) is 0 Å². The van der Waals surface area contributed by atoms with Crippen LogP contribution in [-0.2, 0) is 13.1 Å². The predicted molar refractivity (Wildman–Crippen MR) is 79.1 cm³/mol. The van der Waals surface area contributed by atoms with Crippen molar-refractivity contribution >= 4 is 0 Å². The van der Waals surface area contributed by atoms with E-state index >= 15 is 0 Å². The van der Waals surface area contributed by atoms with Gasteiger partial charge in [0.05, 0.1) is 13.1 Å². The van der Waals surface area contributed by atoms with Crippen LogP contribution in [-0.4, -0.2) is 24.5 Å². The Bertz CT molecular complexity index is 382. The lowest BCUT2D eigenvalue weighted by atomic mass is 9.85. The number of aryl methyl sites for hydroxylation is 1. The van der Waals surface area contributed by atoms with Gasteiger partial charge >= 0.3 is 0 Å². The third-order valence-electron chi connectivity index (χ3n) is 4.17. The minimum Gasteiger partial charge on any atom is -0.463 e. The van der Waals surface area contributed by atoms with Crippen LogP contribution in [0.15, 0.2) is 10.5 Å². The van der Waals surface area contributed by atoms with E-state index in [2.05, 4.69) is 37.1 Å². The van der Waals surface area contributed by atoms with E-state index < -0.39 is 0 Å². The van der Waals surface area contributed by atoms with E-state index in [1.165, 1.54) is 31.4 Å². The fraction of sp³-hybridized carbons (Fsp3) is 0.750. The lowest BCUT2D eigenvalue weighted by Crippen LogP contribution is -2.31. The van der Waals surface area contributed by atoms with Gasteiger partial charge in [0.25, 0.3) is 0 Å². The van der Waals surface area contributed by atoms with Gasteiger partial charge in [0.15, 0.2) is 0 Å². The highest BCUT2D eigenvalue weighted by Crippen LogP contribution is 2.27. The minimum atomic E-state index is 0.844. The summed E-state index contributed by atoms with van der Waals surface area (Å²) in [6.07, 6.45) is 4.26. The lowest BCUT2D eigenvalue weighted by molar-refractivity contribution is 0.168. The van der Waals surface area contributed by atoms with Gasteiger partial charge < -0.3 is 9.73 Å². The van der Waals surface area contributed by atoms with Gasteiger partial charge in [-0.3, -0.25) is 4.90 Å². The van der Waals surface area contributed by atoms with Crippen molar-refractivity contribution in [1.29, 1.82) is 0 Å². The average Bonchev–Trinajstić information content (AvgIpc) is 2.70. The molecule has 1 aliphatic carbocycles. The Morgan fingerprint density at radius 1 is 1.37 bits per heavy atom. The Kier molecular flexibility index (Phi) is 5.46. The van der Waals surface area contributed by atoms with Gasteiger partial charge in [0.2, 0.25) is 0 Å². The first-order chi connectivity index (χ1) is 9.22. The van der Waals surface area contributed by atoms with Crippen LogP contribution in [0.25, 0.3) is 0 Å². The molecule has 0 unspecified atom stereocenters. The summed E-state index contributed by atoms with van der Waals surface area (Å²) in [6.45, 7) is 11.6. The maximum absolute atomic E-state index is 5.98. The summed E-state index contributed by atoms with van der Waals surface area (Å²) >= 11 is 0. The first kappa shape index (κ1) is 14.6. The Morgan fingerprint density at radius 2 is 2.16 bits per heavy atom. The van der Waals surface area contributed by atoms with Crippen molar-refractivity contribution in [3.8, 4) is 0 Å². The van der Waals surface area contributed by atoms with E-state index in [9.17, 15) is 0 Å². The summed E-state index contributed by atoms with van der Waals surface area (Å²) in [4.78, 5) is 2.51. The van der Waals surface area contributed by atoms with Gasteiger partial charge in [0, 0.05) is 6.54 Å². The number of hydrogen-bond acceptors (Lipinski definition) is 3. The van der Waals surface area contributed by atoms with Gasteiger partial charge in [-0.2, -0.15) is 0 Å². The topological polar surface area (TPSA) is 28.4 Å². The molecule has 0 aromatic carbocycles. The molecule has 0 atom stereocenters. The number of nitrogens with zero attached hydrogens (tertiary/aromatic N) is 1. The Balaban J connectivity index is 1.88. The molecule has 0 spiro atoms. The molecular formula is C16H28N2O. The summed E-state index contributed by atoms with van der Waals surface area (Å²) in [5, 5.41) is 3.33. The predicted octanol–water partition coefficient (Wildman–Crippen LogP) is 3.32. The highest BCUT2D eigenvalue weighted by Gasteiger charge is 2.20. The van der Waals surface area contributed by atoms with E-state index in [1.807, 2.05) is 0 Å². The minimum absolute atomic E-state index is 0.844. The van der Waals surface area contributed by atoms with Crippen molar-refractivity contribution in [3.05, 3.63) is 23.2 Å². The van der Waals surface area contributed by atoms with Crippen LogP contribution in [0.5, 0.6) is 0 Å². The zero-order chi connectivity index (χ0) is 13.7. The van der Waals surface area contributed by atoms with E-state index in [0.717, 1.165) is 43.6 Å². The molecule has 108 valence electrons. The maximum Gasteiger partial charge on any atom is 0.120 e. The summed E-state index contributed by atoms with van der Waals surface area (Å²) < 4.78 is 5.98. The van der Waals surface area contributed by atoms with Crippen molar-refractivity contribution in [2.45, 2.75) is 53.1 Å². The summed E-state index contributed by atoms with van der Waals surface area (Å²) in [5.74, 6) is 3.14. The van der Waals surface area contributed by atoms with Gasteiger partial charge in [-0.05, 0) is 50.4 Å². The van der Waals surface area contributed by atoms with Gasteiger partial charge in [-0.15, -0.1) is 0 Å². The highest BCUT2D eigenvalue weighted by molar-refractivity contribution is 5.20. The first-order valence-electron chi connectivity index (χ1n) is 7.74. The normalized spacial score (nSPS) is 16.0. The molecular weight excluding hydrogens is 236 g/mol. The number of rotatable bonds is 8. The molecule has 0 aliphatic heterocycles. The second-order valence-corrected chi connectivity index (χ2v) is 5.72. The molecule has 3 nitrogen and oxygen atoms in total. The van der Waals surface area contributed by atoms with Crippen molar-refractivity contribution in [1.82, 2.24) is 10.2 Å². The van der Waals surface area contributed by atoms with Gasteiger partial charge in [-0.1, -0.05) is 20.3 Å². The van der Waals surface area contributed by atoms with Gasteiger partial charge in [0.1, 0.15) is 11.5 Å². The van der Waals surface area contributed by atoms with Crippen molar-refractivity contribution in [3.63, 3.8) is 0 Å². The molecule has 1 fully saturated rings. The van der Waals surface area contributed by atoms with E-state index in [4.69, 9.17) is 4.42 Å². The third kappa shape index (κ3) is 4.08. The Hall–Kier alpha value is -0.800. The summed E-state index contributed by atoms with van der Waals surface area (Å²) in [7, 11) is 0. The second-order valence-electron chi connectivity index (χ2n) is 5.72. The SMILES string of the molecule is CCNCc1oc(CN(CC)CC2CCC2)cc1C. The zero-order valence-electron chi connectivity index (χ0n) is 12.7. The summed E-state index contributed by atoms with van der Waals surface area (Å²) in [5.41, 5.74) is 1.27. The molecule has 1 aliphatic rings. The van der Waals surface area contributed by atoms with Crippen LogP contribution < -0.4 is 5.32 Å². The van der Waals surface area contributed by atoms with Crippen LogP contribution in [0.2, 0.25) is 0 Å². The molecule has 1 aromatic rings. The van der Waals surface area contributed by atoms with Crippen molar-refractivity contribution in [2.75, 3.05) is 19.6 Å². The summed E-state index contributed by atoms with van der Waals surface area (Å²) in [6, 6.07) is 2.20. The highest BCUT2D eigenvalue weighted by atomic mass is 16.3. The molecule has 0 bridgehead atoms. The van der Waals surface area contributed by atoms with E-state index in [-0.39, 0.29) is 0 Å². The van der Waals surface area contributed by atoms with E-state index in [0.29, 0.717) is 0 Å². The average molecular weight is 264 g/mol. The monoisotopic (exact) mass is 264 g/mol. The molecule has 1 saturated carbocycles. The van der Waals surface area contributed by atoms with Gasteiger partial charge in [-0.25, -0.2) is 0 Å². The standard InChI is InChI=1S/C16H28N2O/c1-4-17-10-16-13(3)9-15(19-16)12-18(5-2)11-14-7-6-8-14/h9,14,17H,4-8,10-12H2,1-3H3. The molecule has 0 amide bonds. The maximum atomic E-state index is 5.98. The molecule has 1 N–H and O–H groups in total. The molecule has 0 radical (unpaired) electrons. The zero-order valence-corrected chi connectivity index (χ0v) is 12.7. The molecule has 0 saturated heterocycles. The lowest BCUT2D eigenvalue weighted by Gasteiger charge is -2.31. The number of furan rings is 1. The second kappa shape index (κ2) is 7.11. The van der Waals surface area contributed by atoms with Crippen LogP contribution in [0.4, 0.5) is 0 Å². The molecule has 1 aromatic heterocycles. The largest absolute Gasteiger partial charge is 0.463 e. The van der Waals surface area contributed by atoms with Crippen LogP contribution in [0, 0.1) is 12.8 Å². The smallest absolute Gasteiger partial charge is 0.120 e. The van der Waals surface area contributed by atoms with E-state index in [1.54, 1.807) is 0 Å². The van der Waals surface area contributed by atoms with Crippen molar-refractivity contribution in [2.24, 2.45) is 5.92 Å². The quantitative estimate of drug-likeness (QED) is 0.781. The van der Waals surface area contributed by atoms with Crippen molar-refractivity contribution < 1.29 is 4.42 Å². The molecule has 3 heteroatoms. The van der Waals surface area contributed by atoms with Crippen LogP contribution in [0.1, 0.15) is 50.2 Å². The number of nitrogens with one attached hydrogen (secondary N) is 1. The third-order valence-corrected chi connectivity index (χ3v) is 4.17. The Morgan fingerprint density at radius 3 is 2.74 bits per heavy atom.